The van der Waals surface area contributed by atoms with E-state index in [0.29, 0.717) is 35.7 Å². The van der Waals surface area contributed by atoms with E-state index in [1.54, 1.807) is 34.7 Å². The quantitative estimate of drug-likeness (QED) is 0.191. The van der Waals surface area contributed by atoms with E-state index < -0.39 is 13.9 Å². The van der Waals surface area contributed by atoms with Gasteiger partial charge < -0.3 is 4.74 Å². The fraction of sp³-hybridized carbons (Fsp3) is 0.360. The molecule has 0 bridgehead atoms. The van der Waals surface area contributed by atoms with Crippen LogP contribution in [0.3, 0.4) is 0 Å². The summed E-state index contributed by atoms with van der Waals surface area (Å²) in [6.07, 6.45) is 5.36. The molecule has 0 saturated heterocycles. The van der Waals surface area contributed by atoms with Gasteiger partial charge in [-0.2, -0.15) is 10.2 Å². The molecule has 0 aliphatic carbocycles. The molecule has 3 aromatic heterocycles. The van der Waals surface area contributed by atoms with Gasteiger partial charge in [0.1, 0.15) is 18.2 Å². The lowest BCUT2D eigenvalue weighted by molar-refractivity contribution is 0.0818. The number of halogens is 1. The van der Waals surface area contributed by atoms with Crippen molar-refractivity contribution in [2.24, 2.45) is 7.05 Å². The maximum atomic E-state index is 15.0. The van der Waals surface area contributed by atoms with Crippen LogP contribution in [0.25, 0.3) is 33.4 Å². The van der Waals surface area contributed by atoms with Crippen molar-refractivity contribution in [1.29, 1.82) is 0 Å². The number of hydrogen-bond acceptors (Lipinski definition) is 5. The second-order valence-electron chi connectivity index (χ2n) is 9.89. The fourth-order valence-electron chi connectivity index (χ4n) is 3.86. The second kappa shape index (κ2) is 9.23. The summed E-state index contributed by atoms with van der Waals surface area (Å²) in [6, 6.07) is 5.89. The molecule has 0 unspecified atom stereocenters. The van der Waals surface area contributed by atoms with Crippen molar-refractivity contribution < 1.29 is 13.9 Å². The number of fused-ring (bicyclic) bond motifs is 1. The summed E-state index contributed by atoms with van der Waals surface area (Å²) in [5.74, 6) is -0.645. The van der Waals surface area contributed by atoms with E-state index in [0.717, 1.165) is 28.2 Å². The maximum Gasteiger partial charge on any atom is 0.159 e. The summed E-state index contributed by atoms with van der Waals surface area (Å²) < 4.78 is 24.5. The highest BCUT2D eigenvalue weighted by Gasteiger charge is 2.19. The summed E-state index contributed by atoms with van der Waals surface area (Å²) >= 11 is 0. The Morgan fingerprint density at radius 1 is 1.18 bits per heavy atom. The lowest BCUT2D eigenvalue weighted by Crippen LogP contribution is -2.22. The largest absolute Gasteiger partial charge is 0.360 e. The van der Waals surface area contributed by atoms with Crippen LogP contribution in [0.5, 0.6) is 0 Å². The average molecular weight is 480 g/mol. The molecule has 178 valence electrons. The lowest BCUT2D eigenvalue weighted by Gasteiger charge is -2.15. The first-order chi connectivity index (χ1) is 16.0. The zero-order valence-corrected chi connectivity index (χ0v) is 21.5. The number of nitrogens with zero attached hydrogens (tertiary/aromatic N) is 5. The zero-order chi connectivity index (χ0) is 24.6. The molecule has 0 N–H and O–H groups in total. The van der Waals surface area contributed by atoms with Crippen LogP contribution >= 0.6 is 0 Å². The predicted octanol–water partition coefficient (Wildman–Crippen LogP) is 5.46. The van der Waals surface area contributed by atoms with Gasteiger partial charge in [-0.1, -0.05) is 19.6 Å². The van der Waals surface area contributed by atoms with E-state index in [4.69, 9.17) is 9.84 Å². The molecule has 9 heteroatoms. The van der Waals surface area contributed by atoms with Crippen molar-refractivity contribution in [3.8, 4) is 22.5 Å². The molecule has 3 heterocycles. The maximum absolute atomic E-state index is 15.0. The highest BCUT2D eigenvalue weighted by atomic mass is 28.3. The average Bonchev–Trinajstić information content (AvgIpc) is 3.33. The van der Waals surface area contributed by atoms with Crippen molar-refractivity contribution in [3.05, 3.63) is 53.7 Å². The SMILES string of the molecule is CC(=O)c1cc(C)c(-c2cc3c(-c4cnn(C)c4)nn(COCC[Si](C)(C)C)c3cn2)c(F)c1. The van der Waals surface area contributed by atoms with Crippen molar-refractivity contribution >= 4 is 24.8 Å². The fourth-order valence-corrected chi connectivity index (χ4v) is 4.62. The van der Waals surface area contributed by atoms with Gasteiger partial charge in [-0.3, -0.25) is 14.5 Å². The number of carbonyl (C=O) groups is 1. The monoisotopic (exact) mass is 479 g/mol. The molecular weight excluding hydrogens is 449 g/mol. The number of aromatic nitrogens is 5. The number of ketones is 1. The number of rotatable bonds is 8. The summed E-state index contributed by atoms with van der Waals surface area (Å²) in [7, 11) is 0.656. The Bertz CT molecular complexity index is 1350. The van der Waals surface area contributed by atoms with E-state index in [2.05, 4.69) is 29.7 Å². The smallest absolute Gasteiger partial charge is 0.159 e. The molecule has 0 saturated carbocycles. The second-order valence-corrected chi connectivity index (χ2v) is 15.5. The molecule has 7 nitrogen and oxygen atoms in total. The van der Waals surface area contributed by atoms with Crippen LogP contribution in [0.4, 0.5) is 4.39 Å². The molecular formula is C25H30FN5O2Si. The summed E-state index contributed by atoms with van der Waals surface area (Å²) in [6.45, 7) is 11.1. The molecule has 4 aromatic rings. The highest BCUT2D eigenvalue weighted by molar-refractivity contribution is 6.76. The van der Waals surface area contributed by atoms with Gasteiger partial charge in [0.2, 0.25) is 0 Å². The third-order valence-electron chi connectivity index (χ3n) is 5.78. The van der Waals surface area contributed by atoms with E-state index in [9.17, 15) is 4.79 Å². The first kappa shape index (κ1) is 24.0. The van der Waals surface area contributed by atoms with Crippen molar-refractivity contribution in [2.45, 2.75) is 46.3 Å². The molecule has 0 fully saturated rings. The van der Waals surface area contributed by atoms with Crippen LogP contribution in [0.2, 0.25) is 25.7 Å². The van der Waals surface area contributed by atoms with Gasteiger partial charge in [0.05, 0.1) is 23.6 Å². The van der Waals surface area contributed by atoms with Crippen molar-refractivity contribution in [1.82, 2.24) is 24.5 Å². The lowest BCUT2D eigenvalue weighted by atomic mass is 9.98. The van der Waals surface area contributed by atoms with Crippen LogP contribution in [-0.2, 0) is 18.5 Å². The van der Waals surface area contributed by atoms with Gasteiger partial charge in [-0.15, -0.1) is 0 Å². The summed E-state index contributed by atoms with van der Waals surface area (Å²) in [5.41, 5.74) is 4.26. The molecule has 34 heavy (non-hydrogen) atoms. The Morgan fingerprint density at radius 2 is 1.94 bits per heavy atom. The Balaban J connectivity index is 1.77. The van der Waals surface area contributed by atoms with Crippen molar-refractivity contribution in [2.75, 3.05) is 6.61 Å². The molecule has 0 aliphatic rings. The van der Waals surface area contributed by atoms with E-state index in [1.807, 2.05) is 19.3 Å². The topological polar surface area (TPSA) is 74.8 Å². The number of carbonyl (C=O) groups excluding carboxylic acids is 1. The van der Waals surface area contributed by atoms with Crippen LogP contribution in [0.1, 0.15) is 22.8 Å². The Hall–Kier alpha value is -3.17. The number of pyridine rings is 1. The Morgan fingerprint density at radius 3 is 2.56 bits per heavy atom. The molecule has 1 aromatic carbocycles. The molecule has 0 amide bonds. The summed E-state index contributed by atoms with van der Waals surface area (Å²) in [4.78, 5) is 16.3. The normalized spacial score (nSPS) is 12.0. The van der Waals surface area contributed by atoms with E-state index in [-0.39, 0.29) is 5.78 Å². The van der Waals surface area contributed by atoms with Crippen LogP contribution in [0, 0.1) is 12.7 Å². The third kappa shape index (κ3) is 5.00. The minimum Gasteiger partial charge on any atom is -0.360 e. The molecule has 0 aliphatic heterocycles. The van der Waals surface area contributed by atoms with Gasteiger partial charge in [0, 0.05) is 50.0 Å². The van der Waals surface area contributed by atoms with Gasteiger partial charge in [0.25, 0.3) is 0 Å². The minimum atomic E-state index is -1.20. The van der Waals surface area contributed by atoms with Crippen LogP contribution < -0.4 is 0 Å². The number of aryl methyl sites for hydroxylation is 2. The number of hydrogen-bond donors (Lipinski definition) is 0. The van der Waals surface area contributed by atoms with Crippen LogP contribution in [-0.4, -0.2) is 45.0 Å². The standard InChI is InChI=1S/C25H30FN5O2Si/c1-16-9-18(17(2)32)10-21(26)24(16)22-11-20-23(13-27-22)31(15-33-7-8-34(4,5)6)29-25(20)19-12-28-30(3)14-19/h9-14H,7-8,15H2,1-6H3. The number of benzene rings is 1. The molecule has 4 rings (SSSR count). The van der Waals surface area contributed by atoms with Gasteiger partial charge >= 0.3 is 0 Å². The summed E-state index contributed by atoms with van der Waals surface area (Å²) in [5, 5.41) is 9.91. The predicted molar refractivity (Wildman–Crippen MR) is 134 cm³/mol. The first-order valence-corrected chi connectivity index (χ1v) is 15.0. The Labute approximate surface area is 199 Å². The molecule has 0 radical (unpaired) electrons. The first-order valence-electron chi connectivity index (χ1n) is 11.3. The number of ether oxygens (including phenoxy) is 1. The highest BCUT2D eigenvalue weighted by Crippen LogP contribution is 2.33. The van der Waals surface area contributed by atoms with Gasteiger partial charge in [-0.25, -0.2) is 9.07 Å². The molecule has 0 atom stereocenters. The van der Waals surface area contributed by atoms with Gasteiger partial charge in [0.15, 0.2) is 5.78 Å². The Kier molecular flexibility index (Phi) is 6.50. The van der Waals surface area contributed by atoms with E-state index in [1.165, 1.54) is 13.0 Å². The zero-order valence-electron chi connectivity index (χ0n) is 20.5. The number of Topliss-reactive ketones (excluding diaryl/α,β-unsaturated/α-hetero) is 1. The minimum absolute atomic E-state index is 0.175. The van der Waals surface area contributed by atoms with Crippen molar-refractivity contribution in [3.63, 3.8) is 0 Å². The molecule has 0 spiro atoms. The van der Waals surface area contributed by atoms with Crippen LogP contribution in [0.15, 0.2) is 36.8 Å². The third-order valence-corrected chi connectivity index (χ3v) is 7.48. The van der Waals surface area contributed by atoms with E-state index >= 15 is 4.39 Å². The van der Waals surface area contributed by atoms with Gasteiger partial charge in [-0.05, 0) is 43.7 Å².